The lowest BCUT2D eigenvalue weighted by Crippen LogP contribution is -2.17. The van der Waals surface area contributed by atoms with Crippen molar-refractivity contribution in [2.24, 2.45) is 0 Å². The van der Waals surface area contributed by atoms with Crippen LogP contribution in [0.5, 0.6) is 0 Å². The number of nitro groups is 1. The Morgan fingerprint density at radius 2 is 2.25 bits per heavy atom. The fourth-order valence-electron chi connectivity index (χ4n) is 1.69. The zero-order valence-corrected chi connectivity index (χ0v) is 11.3. The van der Waals surface area contributed by atoms with Gasteiger partial charge in [0.2, 0.25) is 0 Å². The lowest BCUT2D eigenvalue weighted by atomic mass is 10.2. The molecule has 20 heavy (non-hydrogen) atoms. The Morgan fingerprint density at radius 1 is 1.50 bits per heavy atom. The molecule has 1 N–H and O–H groups in total. The van der Waals surface area contributed by atoms with Crippen molar-refractivity contribution in [2.75, 3.05) is 5.32 Å². The predicted octanol–water partition coefficient (Wildman–Crippen LogP) is 2.72. The monoisotopic (exact) mass is 294 g/mol. The van der Waals surface area contributed by atoms with Crippen molar-refractivity contribution in [2.45, 2.75) is 13.5 Å². The first kappa shape index (κ1) is 14.0. The van der Waals surface area contributed by atoms with Crippen molar-refractivity contribution < 1.29 is 9.72 Å². The van der Waals surface area contributed by atoms with Crippen LogP contribution < -0.4 is 5.32 Å². The SMILES string of the molecule is CCn1nccc1C(=O)Nc1cc([N+](=O)[O-])ccc1Cl. The number of carbonyl (C=O) groups excluding carboxylic acids is 1. The number of hydrogen-bond acceptors (Lipinski definition) is 4. The van der Waals surface area contributed by atoms with Crippen LogP contribution in [0.4, 0.5) is 11.4 Å². The van der Waals surface area contributed by atoms with E-state index in [1.165, 1.54) is 29.1 Å². The number of hydrogen-bond donors (Lipinski definition) is 1. The smallest absolute Gasteiger partial charge is 0.273 e. The molecule has 2 rings (SSSR count). The van der Waals surface area contributed by atoms with E-state index < -0.39 is 10.8 Å². The van der Waals surface area contributed by atoms with Gasteiger partial charge < -0.3 is 5.32 Å². The number of non-ortho nitro benzene ring substituents is 1. The molecule has 0 saturated carbocycles. The number of halogens is 1. The van der Waals surface area contributed by atoms with Crippen molar-refractivity contribution >= 4 is 28.9 Å². The van der Waals surface area contributed by atoms with Crippen molar-refractivity contribution in [3.63, 3.8) is 0 Å². The third-order valence-corrected chi connectivity index (χ3v) is 2.99. The van der Waals surface area contributed by atoms with Crippen LogP contribution in [0.25, 0.3) is 0 Å². The first-order valence-electron chi connectivity index (χ1n) is 5.80. The number of aromatic nitrogens is 2. The fourth-order valence-corrected chi connectivity index (χ4v) is 1.85. The van der Waals surface area contributed by atoms with E-state index in [1.807, 2.05) is 6.92 Å². The number of benzene rings is 1. The molecule has 1 aromatic heterocycles. The van der Waals surface area contributed by atoms with E-state index in [2.05, 4.69) is 10.4 Å². The van der Waals surface area contributed by atoms with Gasteiger partial charge in [0, 0.05) is 24.9 Å². The summed E-state index contributed by atoms with van der Waals surface area (Å²) in [7, 11) is 0. The predicted molar refractivity (Wildman–Crippen MR) is 74.0 cm³/mol. The Kier molecular flexibility index (Phi) is 3.99. The van der Waals surface area contributed by atoms with Crippen LogP contribution in [0.3, 0.4) is 0 Å². The van der Waals surface area contributed by atoms with Crippen LogP contribution >= 0.6 is 11.6 Å². The van der Waals surface area contributed by atoms with Crippen LogP contribution in [-0.2, 0) is 6.54 Å². The zero-order chi connectivity index (χ0) is 14.7. The lowest BCUT2D eigenvalue weighted by molar-refractivity contribution is -0.384. The second-order valence-electron chi connectivity index (χ2n) is 3.91. The Labute approximate surface area is 119 Å². The summed E-state index contributed by atoms with van der Waals surface area (Å²) in [4.78, 5) is 22.2. The summed E-state index contributed by atoms with van der Waals surface area (Å²) < 4.78 is 1.51. The second kappa shape index (κ2) is 5.70. The van der Waals surface area contributed by atoms with Gasteiger partial charge in [-0.3, -0.25) is 19.6 Å². The highest BCUT2D eigenvalue weighted by Gasteiger charge is 2.15. The molecule has 0 aliphatic carbocycles. The van der Waals surface area contributed by atoms with Crippen molar-refractivity contribution in [1.29, 1.82) is 0 Å². The molecule has 2 aromatic rings. The average molecular weight is 295 g/mol. The molecule has 0 radical (unpaired) electrons. The number of rotatable bonds is 4. The second-order valence-corrected chi connectivity index (χ2v) is 4.31. The van der Waals surface area contributed by atoms with E-state index in [1.54, 1.807) is 6.07 Å². The number of amides is 1. The molecule has 1 amide bonds. The maximum absolute atomic E-state index is 12.1. The summed E-state index contributed by atoms with van der Waals surface area (Å²) in [6.45, 7) is 2.39. The minimum Gasteiger partial charge on any atom is -0.319 e. The molecular weight excluding hydrogens is 284 g/mol. The Bertz CT molecular complexity index is 668. The van der Waals surface area contributed by atoms with Crippen LogP contribution in [0.2, 0.25) is 5.02 Å². The van der Waals surface area contributed by atoms with E-state index in [9.17, 15) is 14.9 Å². The van der Waals surface area contributed by atoms with Crippen LogP contribution in [-0.4, -0.2) is 20.6 Å². The molecule has 0 aliphatic heterocycles. The number of nitrogens with one attached hydrogen (secondary N) is 1. The molecule has 104 valence electrons. The molecular formula is C12H11ClN4O3. The van der Waals surface area contributed by atoms with Crippen LogP contribution in [0, 0.1) is 10.1 Å². The molecule has 0 unspecified atom stereocenters. The average Bonchev–Trinajstić information content (AvgIpc) is 2.89. The normalized spacial score (nSPS) is 10.3. The number of anilines is 1. The van der Waals surface area contributed by atoms with Crippen LogP contribution in [0.15, 0.2) is 30.5 Å². The van der Waals surface area contributed by atoms with Crippen molar-refractivity contribution in [3.8, 4) is 0 Å². The van der Waals surface area contributed by atoms with E-state index >= 15 is 0 Å². The van der Waals surface area contributed by atoms with Gasteiger partial charge >= 0.3 is 0 Å². The molecule has 8 heteroatoms. The minimum atomic E-state index is -0.553. The third kappa shape index (κ3) is 2.77. The number of carbonyl (C=O) groups is 1. The van der Waals surface area contributed by atoms with Gasteiger partial charge in [-0.05, 0) is 19.1 Å². The molecule has 7 nitrogen and oxygen atoms in total. The van der Waals surface area contributed by atoms with Gasteiger partial charge in [0.1, 0.15) is 5.69 Å². The highest BCUT2D eigenvalue weighted by atomic mass is 35.5. The van der Waals surface area contributed by atoms with Gasteiger partial charge in [0.25, 0.3) is 11.6 Å². The molecule has 0 spiro atoms. The number of nitro benzene ring substituents is 1. The summed E-state index contributed by atoms with van der Waals surface area (Å²) in [6.07, 6.45) is 1.51. The topological polar surface area (TPSA) is 90.1 Å². The molecule has 0 saturated heterocycles. The van der Waals surface area contributed by atoms with E-state index in [0.717, 1.165) is 0 Å². The lowest BCUT2D eigenvalue weighted by Gasteiger charge is -2.08. The van der Waals surface area contributed by atoms with Gasteiger partial charge in [-0.15, -0.1) is 0 Å². The number of aryl methyl sites for hydroxylation is 1. The number of nitrogens with zero attached hydrogens (tertiary/aromatic N) is 3. The molecule has 0 aliphatic rings. The Morgan fingerprint density at radius 3 is 2.90 bits per heavy atom. The first-order chi connectivity index (χ1) is 9.52. The van der Waals surface area contributed by atoms with Gasteiger partial charge in [-0.25, -0.2) is 0 Å². The van der Waals surface area contributed by atoms with Crippen molar-refractivity contribution in [1.82, 2.24) is 9.78 Å². The highest BCUT2D eigenvalue weighted by Crippen LogP contribution is 2.27. The van der Waals surface area contributed by atoms with Gasteiger partial charge in [0.15, 0.2) is 0 Å². The third-order valence-electron chi connectivity index (χ3n) is 2.66. The first-order valence-corrected chi connectivity index (χ1v) is 6.18. The van der Waals surface area contributed by atoms with E-state index in [4.69, 9.17) is 11.6 Å². The van der Waals surface area contributed by atoms with Crippen molar-refractivity contribution in [3.05, 3.63) is 51.3 Å². The summed E-state index contributed by atoms with van der Waals surface area (Å²) in [6, 6.07) is 5.41. The summed E-state index contributed by atoms with van der Waals surface area (Å²) in [5.74, 6) is -0.424. The summed E-state index contributed by atoms with van der Waals surface area (Å²) >= 11 is 5.92. The minimum absolute atomic E-state index is 0.145. The van der Waals surface area contributed by atoms with E-state index in [0.29, 0.717) is 12.2 Å². The maximum atomic E-state index is 12.1. The maximum Gasteiger partial charge on any atom is 0.273 e. The largest absolute Gasteiger partial charge is 0.319 e. The Balaban J connectivity index is 2.28. The van der Waals surface area contributed by atoms with E-state index in [-0.39, 0.29) is 16.4 Å². The molecule has 0 fully saturated rings. The van der Waals surface area contributed by atoms with Gasteiger partial charge in [-0.1, -0.05) is 11.6 Å². The quantitative estimate of drug-likeness (QED) is 0.693. The summed E-state index contributed by atoms with van der Waals surface area (Å²) in [5.41, 5.74) is 0.401. The molecule has 1 heterocycles. The fraction of sp³-hybridized carbons (Fsp3) is 0.167. The van der Waals surface area contributed by atoms with Gasteiger partial charge in [0.05, 0.1) is 15.6 Å². The summed E-state index contributed by atoms with van der Waals surface area (Å²) in [5, 5.41) is 17.5. The zero-order valence-electron chi connectivity index (χ0n) is 10.5. The van der Waals surface area contributed by atoms with Gasteiger partial charge in [-0.2, -0.15) is 5.10 Å². The van der Waals surface area contributed by atoms with Crippen LogP contribution in [0.1, 0.15) is 17.4 Å². The standard InChI is InChI=1S/C12H11ClN4O3/c1-2-16-11(5-6-14-16)12(18)15-10-7-8(17(19)20)3-4-9(10)13/h3-7H,2H2,1H3,(H,15,18). The molecule has 0 atom stereocenters. The Hall–Kier alpha value is -2.41. The molecule has 1 aromatic carbocycles. The highest BCUT2D eigenvalue weighted by molar-refractivity contribution is 6.34. The molecule has 0 bridgehead atoms.